The molecular formula is C17H15ClN2. The van der Waals surface area contributed by atoms with Gasteiger partial charge in [-0.1, -0.05) is 66.2 Å². The van der Waals surface area contributed by atoms with Crippen LogP contribution in [0.5, 0.6) is 0 Å². The Morgan fingerprint density at radius 2 is 1.80 bits per heavy atom. The van der Waals surface area contributed by atoms with Crippen molar-refractivity contribution in [3.63, 3.8) is 0 Å². The maximum atomic E-state index is 6.33. The largest absolute Gasteiger partial charge is 0.262 e. The molecule has 100 valence electrons. The third-order valence-corrected chi connectivity index (χ3v) is 4.57. The maximum Gasteiger partial charge on any atom is 0.129 e. The maximum absolute atomic E-state index is 6.33. The van der Waals surface area contributed by atoms with E-state index < -0.39 is 0 Å². The van der Waals surface area contributed by atoms with Gasteiger partial charge in [-0.3, -0.25) is 4.99 Å². The van der Waals surface area contributed by atoms with Gasteiger partial charge in [-0.15, -0.1) is 0 Å². The second kappa shape index (κ2) is 4.71. The minimum Gasteiger partial charge on any atom is -0.262 e. The van der Waals surface area contributed by atoms with Crippen molar-refractivity contribution in [2.24, 2.45) is 21.8 Å². The summed E-state index contributed by atoms with van der Waals surface area (Å²) in [6.07, 6.45) is 9.39. The Labute approximate surface area is 123 Å². The number of benzene rings is 1. The standard InChI is InChI=1S/C17H15ClN2/c18-16-12-8-4-5-9-15(12)19-17(20-16)14-10-13(14)11-6-2-1-3-7-11/h1-9,12-15H,10H2. The number of allylic oxidation sites excluding steroid dienone is 2. The van der Waals surface area contributed by atoms with E-state index in [0.29, 0.717) is 17.0 Å². The van der Waals surface area contributed by atoms with Crippen LogP contribution in [0.4, 0.5) is 0 Å². The second-order valence-electron chi connectivity index (χ2n) is 5.57. The first-order valence-electron chi connectivity index (χ1n) is 7.04. The summed E-state index contributed by atoms with van der Waals surface area (Å²) in [6.45, 7) is 0. The highest BCUT2D eigenvalue weighted by Gasteiger charge is 2.44. The van der Waals surface area contributed by atoms with Gasteiger partial charge in [0.15, 0.2) is 0 Å². The van der Waals surface area contributed by atoms with Gasteiger partial charge in [0.1, 0.15) is 11.0 Å². The molecule has 2 aliphatic carbocycles. The van der Waals surface area contributed by atoms with E-state index in [1.54, 1.807) is 0 Å². The molecule has 1 aliphatic heterocycles. The van der Waals surface area contributed by atoms with Crippen molar-refractivity contribution in [1.29, 1.82) is 0 Å². The van der Waals surface area contributed by atoms with Crippen LogP contribution in [0.15, 0.2) is 64.6 Å². The lowest BCUT2D eigenvalue weighted by Crippen LogP contribution is -2.28. The van der Waals surface area contributed by atoms with Crippen LogP contribution >= 0.6 is 11.6 Å². The minimum absolute atomic E-state index is 0.136. The molecule has 0 saturated heterocycles. The minimum atomic E-state index is 0.136. The van der Waals surface area contributed by atoms with Crippen molar-refractivity contribution in [1.82, 2.24) is 0 Å². The number of amidine groups is 1. The molecule has 0 spiro atoms. The van der Waals surface area contributed by atoms with Gasteiger partial charge in [0, 0.05) is 5.92 Å². The lowest BCUT2D eigenvalue weighted by molar-refractivity contribution is 0.708. The predicted octanol–water partition coefficient (Wildman–Crippen LogP) is 3.95. The monoisotopic (exact) mass is 282 g/mol. The van der Waals surface area contributed by atoms with Gasteiger partial charge in [0.2, 0.25) is 0 Å². The molecular weight excluding hydrogens is 268 g/mol. The Morgan fingerprint density at radius 1 is 1.00 bits per heavy atom. The fourth-order valence-corrected chi connectivity index (χ4v) is 3.32. The van der Waals surface area contributed by atoms with Crippen LogP contribution in [-0.4, -0.2) is 17.0 Å². The van der Waals surface area contributed by atoms with Crippen molar-refractivity contribution < 1.29 is 0 Å². The summed E-state index contributed by atoms with van der Waals surface area (Å²) in [5, 5.41) is 0.680. The number of nitrogens with zero attached hydrogens (tertiary/aromatic N) is 2. The molecule has 3 heteroatoms. The molecule has 1 fully saturated rings. The molecule has 1 heterocycles. The van der Waals surface area contributed by atoms with E-state index in [2.05, 4.69) is 47.5 Å². The summed E-state index contributed by atoms with van der Waals surface area (Å²) in [5.74, 6) is 2.07. The van der Waals surface area contributed by atoms with Crippen molar-refractivity contribution in [3.05, 3.63) is 60.2 Å². The molecule has 0 bridgehead atoms. The van der Waals surface area contributed by atoms with Gasteiger partial charge in [-0.25, -0.2) is 4.99 Å². The normalized spacial score (nSPS) is 34.2. The van der Waals surface area contributed by atoms with Gasteiger partial charge < -0.3 is 0 Å². The highest BCUT2D eigenvalue weighted by molar-refractivity contribution is 6.67. The molecule has 4 rings (SSSR count). The Balaban J connectivity index is 1.58. The number of aliphatic imine (C=N–C) groups is 2. The molecule has 0 radical (unpaired) electrons. The molecule has 0 aromatic heterocycles. The number of hydrogen-bond donors (Lipinski definition) is 0. The first-order chi connectivity index (χ1) is 9.83. The van der Waals surface area contributed by atoms with E-state index in [4.69, 9.17) is 16.6 Å². The third kappa shape index (κ3) is 2.04. The molecule has 20 heavy (non-hydrogen) atoms. The summed E-state index contributed by atoms with van der Waals surface area (Å²) in [6, 6.07) is 10.7. The number of hydrogen-bond acceptors (Lipinski definition) is 2. The molecule has 0 N–H and O–H groups in total. The van der Waals surface area contributed by atoms with E-state index in [1.807, 2.05) is 12.2 Å². The molecule has 1 saturated carbocycles. The van der Waals surface area contributed by atoms with E-state index in [9.17, 15) is 0 Å². The molecule has 1 aromatic carbocycles. The quantitative estimate of drug-likeness (QED) is 0.785. The van der Waals surface area contributed by atoms with Crippen molar-refractivity contribution in [3.8, 4) is 0 Å². The third-order valence-electron chi connectivity index (χ3n) is 4.23. The number of rotatable bonds is 2. The lowest BCUT2D eigenvalue weighted by atomic mass is 9.95. The van der Waals surface area contributed by atoms with Gasteiger partial charge in [-0.05, 0) is 17.9 Å². The summed E-state index contributed by atoms with van der Waals surface area (Å²) >= 11 is 6.33. The lowest BCUT2D eigenvalue weighted by Gasteiger charge is -2.24. The van der Waals surface area contributed by atoms with E-state index in [1.165, 1.54) is 5.56 Å². The zero-order chi connectivity index (χ0) is 13.5. The second-order valence-corrected chi connectivity index (χ2v) is 5.95. The Kier molecular flexibility index (Phi) is 2.85. The van der Waals surface area contributed by atoms with Crippen LogP contribution in [0.3, 0.4) is 0 Å². The smallest absolute Gasteiger partial charge is 0.129 e. The Morgan fingerprint density at radius 3 is 2.65 bits per heavy atom. The molecule has 1 aromatic rings. The average Bonchev–Trinajstić information content (AvgIpc) is 3.29. The summed E-state index contributed by atoms with van der Waals surface area (Å²) in [7, 11) is 0. The highest BCUT2D eigenvalue weighted by Crippen LogP contribution is 2.49. The zero-order valence-electron chi connectivity index (χ0n) is 11.0. The SMILES string of the molecule is ClC1=NC(C2CC2c2ccccc2)=NC2C=CC=CC12. The first kappa shape index (κ1) is 12.1. The van der Waals surface area contributed by atoms with E-state index >= 15 is 0 Å². The molecule has 3 aliphatic rings. The molecule has 4 atom stereocenters. The topological polar surface area (TPSA) is 24.7 Å². The van der Waals surface area contributed by atoms with E-state index in [0.717, 1.165) is 12.3 Å². The molecule has 4 unspecified atom stereocenters. The first-order valence-corrected chi connectivity index (χ1v) is 7.42. The van der Waals surface area contributed by atoms with Crippen molar-refractivity contribution >= 4 is 22.6 Å². The van der Waals surface area contributed by atoms with Crippen LogP contribution in [0, 0.1) is 11.8 Å². The molecule has 0 amide bonds. The average molecular weight is 283 g/mol. The highest BCUT2D eigenvalue weighted by atomic mass is 35.5. The zero-order valence-corrected chi connectivity index (χ0v) is 11.7. The van der Waals surface area contributed by atoms with Crippen LogP contribution < -0.4 is 0 Å². The Bertz CT molecular complexity index is 642. The number of halogens is 1. The van der Waals surface area contributed by atoms with Gasteiger partial charge in [0.25, 0.3) is 0 Å². The van der Waals surface area contributed by atoms with Gasteiger partial charge >= 0.3 is 0 Å². The van der Waals surface area contributed by atoms with Crippen molar-refractivity contribution in [2.75, 3.05) is 0 Å². The summed E-state index contributed by atoms with van der Waals surface area (Å²) in [5.41, 5.74) is 1.38. The van der Waals surface area contributed by atoms with Crippen LogP contribution in [0.25, 0.3) is 0 Å². The fraction of sp³-hybridized carbons (Fsp3) is 0.294. The van der Waals surface area contributed by atoms with Gasteiger partial charge in [0.05, 0.1) is 12.0 Å². The predicted molar refractivity (Wildman–Crippen MR) is 83.6 cm³/mol. The van der Waals surface area contributed by atoms with Crippen LogP contribution in [0.1, 0.15) is 17.9 Å². The van der Waals surface area contributed by atoms with Gasteiger partial charge in [-0.2, -0.15) is 0 Å². The van der Waals surface area contributed by atoms with Crippen molar-refractivity contribution in [2.45, 2.75) is 18.4 Å². The van der Waals surface area contributed by atoms with Crippen LogP contribution in [0.2, 0.25) is 0 Å². The Hall–Kier alpha value is -1.67. The van der Waals surface area contributed by atoms with Crippen LogP contribution in [-0.2, 0) is 0 Å². The number of fused-ring (bicyclic) bond motifs is 1. The summed E-state index contributed by atoms with van der Waals surface area (Å²) < 4.78 is 0. The molecule has 2 nitrogen and oxygen atoms in total. The van der Waals surface area contributed by atoms with E-state index in [-0.39, 0.29) is 12.0 Å². The fourth-order valence-electron chi connectivity index (χ4n) is 3.03. The summed E-state index contributed by atoms with van der Waals surface area (Å²) in [4.78, 5) is 9.35.